The third kappa shape index (κ3) is 4.29. The molecule has 0 saturated carbocycles. The molecule has 1 rings (SSSR count). The Labute approximate surface area is 108 Å². The lowest BCUT2D eigenvalue weighted by molar-refractivity contribution is 0.0799. The second kappa shape index (κ2) is 6.17. The highest BCUT2D eigenvalue weighted by atomic mass is 32.2. The van der Waals surface area contributed by atoms with Crippen molar-refractivity contribution in [3.63, 3.8) is 0 Å². The lowest BCUT2D eigenvalue weighted by Gasteiger charge is -2.13. The quantitative estimate of drug-likeness (QED) is 0.764. The number of ether oxygens (including phenoxy) is 1. The molecule has 1 aromatic rings. The van der Waals surface area contributed by atoms with Crippen LogP contribution in [0.25, 0.3) is 0 Å². The average molecular weight is 272 g/mol. The molecule has 5 nitrogen and oxygen atoms in total. The number of anilines is 1. The summed E-state index contributed by atoms with van der Waals surface area (Å²) >= 11 is 0. The second-order valence-corrected chi connectivity index (χ2v) is 5.96. The van der Waals surface area contributed by atoms with E-state index in [1.165, 1.54) is 6.07 Å². The molecule has 0 amide bonds. The number of hydrogen-bond donors (Lipinski definition) is 2. The van der Waals surface area contributed by atoms with E-state index < -0.39 is 10.0 Å². The standard InChI is InChI=1S/C12H20N2O3S/c1-4-17-10(3)8-14-18(15,16)12-6-9(2)5-11(13)7-12/h5-7,10,14H,4,8,13H2,1-3H3. The van der Waals surface area contributed by atoms with Crippen LogP contribution in [-0.4, -0.2) is 27.7 Å². The van der Waals surface area contributed by atoms with Gasteiger partial charge in [0.1, 0.15) is 0 Å². The minimum atomic E-state index is -3.53. The molecule has 102 valence electrons. The Hall–Kier alpha value is -1.11. The molecule has 0 bridgehead atoms. The highest BCUT2D eigenvalue weighted by Gasteiger charge is 2.16. The Morgan fingerprint density at radius 2 is 2.06 bits per heavy atom. The molecule has 0 aromatic heterocycles. The number of sulfonamides is 1. The van der Waals surface area contributed by atoms with Crippen LogP contribution in [-0.2, 0) is 14.8 Å². The summed E-state index contributed by atoms with van der Waals surface area (Å²) in [6, 6.07) is 4.76. The summed E-state index contributed by atoms with van der Waals surface area (Å²) in [5, 5.41) is 0. The van der Waals surface area contributed by atoms with E-state index in [1.54, 1.807) is 19.1 Å². The normalized spacial score (nSPS) is 13.5. The maximum atomic E-state index is 12.0. The van der Waals surface area contributed by atoms with Crippen LogP contribution < -0.4 is 10.5 Å². The first kappa shape index (κ1) is 14.9. The fraction of sp³-hybridized carbons (Fsp3) is 0.500. The molecule has 0 aliphatic heterocycles. The number of nitrogens with two attached hydrogens (primary N) is 1. The molecular weight excluding hydrogens is 252 g/mol. The molecule has 0 aliphatic rings. The van der Waals surface area contributed by atoms with E-state index in [4.69, 9.17) is 10.5 Å². The first-order valence-corrected chi connectivity index (χ1v) is 7.32. The van der Waals surface area contributed by atoms with Gasteiger partial charge in [-0.2, -0.15) is 0 Å². The van der Waals surface area contributed by atoms with Crippen LogP contribution in [0, 0.1) is 6.92 Å². The van der Waals surface area contributed by atoms with Crippen molar-refractivity contribution in [2.75, 3.05) is 18.9 Å². The van der Waals surface area contributed by atoms with E-state index in [0.29, 0.717) is 12.3 Å². The molecule has 0 aliphatic carbocycles. The van der Waals surface area contributed by atoms with E-state index in [0.717, 1.165) is 5.56 Å². The monoisotopic (exact) mass is 272 g/mol. The van der Waals surface area contributed by atoms with Crippen LogP contribution in [0.1, 0.15) is 19.4 Å². The summed E-state index contributed by atoms with van der Waals surface area (Å²) in [7, 11) is -3.53. The molecular formula is C12H20N2O3S. The molecule has 1 unspecified atom stereocenters. The van der Waals surface area contributed by atoms with Crippen molar-refractivity contribution in [3.8, 4) is 0 Å². The number of benzene rings is 1. The molecule has 1 aromatic carbocycles. The van der Waals surface area contributed by atoms with E-state index in [-0.39, 0.29) is 17.5 Å². The second-order valence-electron chi connectivity index (χ2n) is 4.20. The van der Waals surface area contributed by atoms with E-state index in [1.807, 2.05) is 13.8 Å². The fourth-order valence-corrected chi connectivity index (χ4v) is 2.84. The van der Waals surface area contributed by atoms with Crippen molar-refractivity contribution >= 4 is 15.7 Å². The van der Waals surface area contributed by atoms with Crippen molar-refractivity contribution < 1.29 is 13.2 Å². The topological polar surface area (TPSA) is 81.4 Å². The predicted octanol–water partition coefficient (Wildman–Crippen LogP) is 1.28. The van der Waals surface area contributed by atoms with Gasteiger partial charge in [-0.05, 0) is 44.5 Å². The van der Waals surface area contributed by atoms with Gasteiger partial charge < -0.3 is 10.5 Å². The minimum Gasteiger partial charge on any atom is -0.399 e. The van der Waals surface area contributed by atoms with Crippen LogP contribution in [0.2, 0.25) is 0 Å². The van der Waals surface area contributed by atoms with Gasteiger partial charge in [-0.15, -0.1) is 0 Å². The third-order valence-corrected chi connectivity index (χ3v) is 3.80. The van der Waals surface area contributed by atoms with Gasteiger partial charge in [-0.25, -0.2) is 13.1 Å². The molecule has 0 heterocycles. The van der Waals surface area contributed by atoms with Gasteiger partial charge in [0.05, 0.1) is 11.0 Å². The largest absolute Gasteiger partial charge is 0.399 e. The molecule has 1 atom stereocenters. The molecule has 6 heteroatoms. The average Bonchev–Trinajstić information content (AvgIpc) is 2.26. The molecule has 18 heavy (non-hydrogen) atoms. The maximum Gasteiger partial charge on any atom is 0.240 e. The summed E-state index contributed by atoms with van der Waals surface area (Å²) in [6.07, 6.45) is -0.160. The molecule has 0 radical (unpaired) electrons. The Morgan fingerprint density at radius 1 is 1.39 bits per heavy atom. The number of nitrogen functional groups attached to an aromatic ring is 1. The van der Waals surface area contributed by atoms with Crippen LogP contribution in [0.4, 0.5) is 5.69 Å². The van der Waals surface area contributed by atoms with Crippen molar-refractivity contribution in [3.05, 3.63) is 23.8 Å². The van der Waals surface area contributed by atoms with Crippen LogP contribution in [0.5, 0.6) is 0 Å². The Bertz CT molecular complexity index is 480. The predicted molar refractivity (Wildman–Crippen MR) is 71.9 cm³/mol. The number of rotatable bonds is 6. The Balaban J connectivity index is 2.80. The zero-order valence-corrected chi connectivity index (χ0v) is 11.8. The number of nitrogens with one attached hydrogen (secondary N) is 1. The molecule has 0 saturated heterocycles. The van der Waals surface area contributed by atoms with Gasteiger partial charge in [0.2, 0.25) is 10.0 Å². The number of aryl methyl sites for hydroxylation is 1. The van der Waals surface area contributed by atoms with Gasteiger partial charge in [0.25, 0.3) is 0 Å². The highest BCUT2D eigenvalue weighted by molar-refractivity contribution is 7.89. The third-order valence-electron chi connectivity index (χ3n) is 2.40. The molecule has 0 fully saturated rings. The zero-order chi connectivity index (χ0) is 13.8. The first-order valence-electron chi connectivity index (χ1n) is 5.83. The number of hydrogen-bond acceptors (Lipinski definition) is 4. The van der Waals surface area contributed by atoms with Crippen molar-refractivity contribution in [2.24, 2.45) is 0 Å². The van der Waals surface area contributed by atoms with E-state index in [9.17, 15) is 8.42 Å². The minimum absolute atomic E-state index is 0.160. The zero-order valence-electron chi connectivity index (χ0n) is 10.9. The van der Waals surface area contributed by atoms with Crippen LogP contribution >= 0.6 is 0 Å². The van der Waals surface area contributed by atoms with Gasteiger partial charge in [0.15, 0.2) is 0 Å². The highest BCUT2D eigenvalue weighted by Crippen LogP contribution is 2.16. The Kier molecular flexibility index (Phi) is 5.13. The lowest BCUT2D eigenvalue weighted by Crippen LogP contribution is -2.32. The van der Waals surface area contributed by atoms with Gasteiger partial charge >= 0.3 is 0 Å². The van der Waals surface area contributed by atoms with Crippen molar-refractivity contribution in [1.82, 2.24) is 4.72 Å². The van der Waals surface area contributed by atoms with Crippen LogP contribution in [0.3, 0.4) is 0 Å². The summed E-state index contributed by atoms with van der Waals surface area (Å²) < 4.78 is 31.8. The SMILES string of the molecule is CCOC(C)CNS(=O)(=O)c1cc(C)cc(N)c1. The van der Waals surface area contributed by atoms with E-state index >= 15 is 0 Å². The first-order chi connectivity index (χ1) is 8.35. The van der Waals surface area contributed by atoms with Crippen molar-refractivity contribution in [1.29, 1.82) is 0 Å². The van der Waals surface area contributed by atoms with Crippen molar-refractivity contribution in [2.45, 2.75) is 31.8 Å². The summed E-state index contributed by atoms with van der Waals surface area (Å²) in [5.41, 5.74) is 6.89. The van der Waals surface area contributed by atoms with E-state index in [2.05, 4.69) is 4.72 Å². The smallest absolute Gasteiger partial charge is 0.240 e. The lowest BCUT2D eigenvalue weighted by atomic mass is 10.2. The maximum absolute atomic E-state index is 12.0. The summed E-state index contributed by atoms with van der Waals surface area (Å²) in [4.78, 5) is 0.184. The van der Waals surface area contributed by atoms with Crippen LogP contribution in [0.15, 0.2) is 23.1 Å². The Morgan fingerprint density at radius 3 is 2.61 bits per heavy atom. The molecule has 0 spiro atoms. The van der Waals surface area contributed by atoms with Gasteiger partial charge in [-0.1, -0.05) is 0 Å². The summed E-state index contributed by atoms with van der Waals surface area (Å²) in [5.74, 6) is 0. The van der Waals surface area contributed by atoms with Gasteiger partial charge in [-0.3, -0.25) is 0 Å². The fourth-order valence-electron chi connectivity index (χ4n) is 1.59. The summed E-state index contributed by atoms with van der Waals surface area (Å²) in [6.45, 7) is 6.28. The van der Waals surface area contributed by atoms with Gasteiger partial charge in [0, 0.05) is 18.8 Å². The molecule has 3 N–H and O–H groups in total.